The lowest BCUT2D eigenvalue weighted by Crippen LogP contribution is -2.47. The Bertz CT molecular complexity index is 622. The van der Waals surface area contributed by atoms with Crippen LogP contribution < -0.4 is 4.74 Å². The van der Waals surface area contributed by atoms with Crippen molar-refractivity contribution in [1.29, 1.82) is 0 Å². The smallest absolute Gasteiger partial charge is 0.260 e. The topological polar surface area (TPSA) is 74.3 Å². The summed E-state index contributed by atoms with van der Waals surface area (Å²) in [5.41, 5.74) is 0.477. The number of benzene rings is 1. The second-order valence-electron chi connectivity index (χ2n) is 5.45. The number of likely N-dealkylation sites (tertiary alicyclic amines) is 1. The first-order chi connectivity index (χ1) is 12.7. The quantitative estimate of drug-likeness (QED) is 0.240. The van der Waals surface area contributed by atoms with Crippen LogP contribution in [0, 0.1) is 12.3 Å². The predicted molar refractivity (Wildman–Crippen MR) is 93.9 cm³/mol. The molecule has 1 aromatic rings. The molecule has 1 aliphatic rings. The van der Waals surface area contributed by atoms with E-state index in [0.29, 0.717) is 70.5 Å². The lowest BCUT2D eigenvalue weighted by atomic mass is 10.1. The highest BCUT2D eigenvalue weighted by Gasteiger charge is 2.30. The summed E-state index contributed by atoms with van der Waals surface area (Å²) >= 11 is 0. The summed E-state index contributed by atoms with van der Waals surface area (Å²) in [5.74, 6) is 2.63. The zero-order chi connectivity index (χ0) is 18.6. The van der Waals surface area contributed by atoms with Gasteiger partial charge in [0.15, 0.2) is 0 Å². The van der Waals surface area contributed by atoms with Crippen molar-refractivity contribution in [3.05, 3.63) is 29.8 Å². The van der Waals surface area contributed by atoms with Crippen molar-refractivity contribution >= 4 is 11.8 Å². The average molecular weight is 361 g/mol. The van der Waals surface area contributed by atoms with Gasteiger partial charge in [0, 0.05) is 18.5 Å². The molecule has 0 unspecified atom stereocenters. The van der Waals surface area contributed by atoms with Crippen molar-refractivity contribution in [3.63, 3.8) is 0 Å². The van der Waals surface area contributed by atoms with E-state index in [4.69, 9.17) is 25.4 Å². The van der Waals surface area contributed by atoms with Gasteiger partial charge in [-0.2, -0.15) is 0 Å². The molecule has 1 heterocycles. The van der Waals surface area contributed by atoms with Crippen LogP contribution in [0.25, 0.3) is 0 Å². The van der Waals surface area contributed by atoms with Crippen LogP contribution in [0.3, 0.4) is 0 Å². The number of imide groups is 1. The van der Waals surface area contributed by atoms with Gasteiger partial charge in [-0.3, -0.25) is 14.5 Å². The fraction of sp³-hybridized carbons (Fsp3) is 0.474. The van der Waals surface area contributed by atoms with E-state index in [1.54, 1.807) is 24.3 Å². The Morgan fingerprint density at radius 2 is 1.62 bits per heavy atom. The van der Waals surface area contributed by atoms with Crippen LogP contribution >= 0.6 is 0 Å². The van der Waals surface area contributed by atoms with Crippen LogP contribution in [0.2, 0.25) is 0 Å². The lowest BCUT2D eigenvalue weighted by molar-refractivity contribution is -0.135. The maximum Gasteiger partial charge on any atom is 0.260 e. The van der Waals surface area contributed by atoms with E-state index in [1.807, 2.05) is 0 Å². The first-order valence-corrected chi connectivity index (χ1v) is 8.46. The first-order valence-electron chi connectivity index (χ1n) is 8.46. The molecule has 0 radical (unpaired) electrons. The number of rotatable bonds is 12. The lowest BCUT2D eigenvalue weighted by Gasteiger charge is -2.28. The van der Waals surface area contributed by atoms with Crippen LogP contribution in [0.1, 0.15) is 16.8 Å². The SMILES string of the molecule is C#CCOCCOCCOCCOc1ccc(C(=O)N2CCC2=O)cc1. The Morgan fingerprint density at radius 1 is 1.00 bits per heavy atom. The molecule has 2 rings (SSSR count). The molecule has 0 bridgehead atoms. The fourth-order valence-electron chi connectivity index (χ4n) is 2.17. The summed E-state index contributed by atoms with van der Waals surface area (Å²) in [5, 5.41) is 0. The normalized spacial score (nSPS) is 13.2. The van der Waals surface area contributed by atoms with Crippen molar-refractivity contribution in [2.45, 2.75) is 6.42 Å². The Kier molecular flexibility index (Phi) is 8.63. The van der Waals surface area contributed by atoms with Gasteiger partial charge in [0.25, 0.3) is 5.91 Å². The van der Waals surface area contributed by atoms with Crippen LogP contribution in [-0.4, -0.2) is 69.5 Å². The molecule has 1 fully saturated rings. The Labute approximate surface area is 153 Å². The van der Waals surface area contributed by atoms with Crippen LogP contribution in [0.4, 0.5) is 0 Å². The van der Waals surface area contributed by atoms with Gasteiger partial charge in [-0.05, 0) is 24.3 Å². The summed E-state index contributed by atoms with van der Waals surface area (Å²) in [6.45, 7) is 3.51. The molecule has 0 aromatic heterocycles. The molecule has 1 aromatic carbocycles. The number of hydrogen-bond acceptors (Lipinski definition) is 6. The number of ether oxygens (including phenoxy) is 4. The van der Waals surface area contributed by atoms with E-state index in [2.05, 4.69) is 5.92 Å². The van der Waals surface area contributed by atoms with E-state index in [-0.39, 0.29) is 11.8 Å². The van der Waals surface area contributed by atoms with Crippen LogP contribution in [0.5, 0.6) is 5.75 Å². The highest BCUT2D eigenvalue weighted by Crippen LogP contribution is 2.17. The number of carbonyl (C=O) groups excluding carboxylic acids is 2. The Balaban J connectivity index is 1.51. The van der Waals surface area contributed by atoms with Gasteiger partial charge in [-0.15, -0.1) is 6.42 Å². The highest BCUT2D eigenvalue weighted by molar-refractivity contribution is 6.07. The zero-order valence-electron chi connectivity index (χ0n) is 14.6. The molecule has 1 saturated heterocycles. The third-order valence-corrected chi connectivity index (χ3v) is 3.62. The second kappa shape index (κ2) is 11.3. The number of carbonyl (C=O) groups is 2. The Morgan fingerprint density at radius 3 is 2.15 bits per heavy atom. The minimum Gasteiger partial charge on any atom is -0.491 e. The molecule has 0 atom stereocenters. The monoisotopic (exact) mass is 361 g/mol. The molecule has 0 spiro atoms. The van der Waals surface area contributed by atoms with Crippen molar-refractivity contribution in [2.75, 3.05) is 52.8 Å². The van der Waals surface area contributed by atoms with Gasteiger partial charge >= 0.3 is 0 Å². The van der Waals surface area contributed by atoms with E-state index in [0.717, 1.165) is 0 Å². The van der Waals surface area contributed by atoms with Gasteiger partial charge in [-0.25, -0.2) is 0 Å². The standard InChI is InChI=1S/C19H23NO6/c1-2-9-23-10-11-24-12-13-25-14-15-26-17-5-3-16(4-6-17)19(22)20-8-7-18(20)21/h1,3-6H,7-15H2. The molecule has 0 saturated carbocycles. The maximum absolute atomic E-state index is 12.0. The predicted octanol–water partition coefficient (Wildman–Crippen LogP) is 1.12. The van der Waals surface area contributed by atoms with Gasteiger partial charge in [0.05, 0.1) is 33.0 Å². The summed E-state index contributed by atoms with van der Waals surface area (Å²) in [6.07, 6.45) is 5.49. The highest BCUT2D eigenvalue weighted by atomic mass is 16.6. The maximum atomic E-state index is 12.0. The van der Waals surface area contributed by atoms with Crippen LogP contribution in [-0.2, 0) is 19.0 Å². The minimum absolute atomic E-state index is 0.128. The Hall–Kier alpha value is -2.40. The van der Waals surface area contributed by atoms with Crippen molar-refractivity contribution < 1.29 is 28.5 Å². The largest absolute Gasteiger partial charge is 0.491 e. The number of β-lactam (4-membered cyclic amide) rings is 1. The van der Waals surface area contributed by atoms with E-state index in [1.165, 1.54) is 4.90 Å². The molecular formula is C19H23NO6. The second-order valence-corrected chi connectivity index (χ2v) is 5.45. The number of amides is 2. The van der Waals surface area contributed by atoms with Gasteiger partial charge < -0.3 is 18.9 Å². The van der Waals surface area contributed by atoms with E-state index in [9.17, 15) is 9.59 Å². The molecule has 7 heteroatoms. The summed E-state index contributed by atoms with van der Waals surface area (Å²) in [4.78, 5) is 24.6. The molecule has 140 valence electrons. The molecule has 1 aliphatic heterocycles. The fourth-order valence-corrected chi connectivity index (χ4v) is 2.17. The molecular weight excluding hydrogens is 338 g/mol. The van der Waals surface area contributed by atoms with Gasteiger partial charge in [0.2, 0.25) is 5.91 Å². The molecule has 0 N–H and O–H groups in total. The minimum atomic E-state index is -0.263. The first kappa shape index (κ1) is 19.9. The van der Waals surface area contributed by atoms with Crippen LogP contribution in [0.15, 0.2) is 24.3 Å². The third kappa shape index (κ3) is 6.48. The summed E-state index contributed by atoms with van der Waals surface area (Å²) in [7, 11) is 0. The van der Waals surface area contributed by atoms with Crippen molar-refractivity contribution in [1.82, 2.24) is 4.90 Å². The molecule has 2 amide bonds. The van der Waals surface area contributed by atoms with Gasteiger partial charge in [-0.1, -0.05) is 5.92 Å². The van der Waals surface area contributed by atoms with E-state index < -0.39 is 0 Å². The number of nitrogens with zero attached hydrogens (tertiary/aromatic N) is 1. The van der Waals surface area contributed by atoms with Crippen molar-refractivity contribution in [3.8, 4) is 18.1 Å². The summed E-state index contributed by atoms with van der Waals surface area (Å²) < 4.78 is 21.3. The molecule has 26 heavy (non-hydrogen) atoms. The molecule has 7 nitrogen and oxygen atoms in total. The number of terminal acetylenes is 1. The molecule has 0 aliphatic carbocycles. The van der Waals surface area contributed by atoms with Crippen molar-refractivity contribution in [2.24, 2.45) is 0 Å². The zero-order valence-corrected chi connectivity index (χ0v) is 14.6. The average Bonchev–Trinajstić information content (AvgIpc) is 2.65. The number of hydrogen-bond donors (Lipinski definition) is 0. The summed E-state index contributed by atoms with van der Waals surface area (Å²) in [6, 6.07) is 6.72. The van der Waals surface area contributed by atoms with Gasteiger partial charge in [0.1, 0.15) is 19.0 Å². The third-order valence-electron chi connectivity index (χ3n) is 3.62. The van der Waals surface area contributed by atoms with E-state index >= 15 is 0 Å².